The van der Waals surface area contributed by atoms with Gasteiger partial charge in [-0.25, -0.2) is 29.4 Å². The van der Waals surface area contributed by atoms with Gasteiger partial charge in [-0.2, -0.15) is 5.10 Å². The van der Waals surface area contributed by atoms with E-state index in [1.807, 2.05) is 85.4 Å². The maximum atomic E-state index is 4.49. The number of aromatic amines is 1. The van der Waals surface area contributed by atoms with Gasteiger partial charge in [-0.3, -0.25) is 19.9 Å². The molecule has 558 valence electrons. The van der Waals surface area contributed by atoms with Gasteiger partial charge in [0.25, 0.3) is 0 Å². The minimum atomic E-state index is 0.166. The molecule has 16 rings (SSSR count). The van der Waals surface area contributed by atoms with E-state index in [-0.39, 0.29) is 43.3 Å². The summed E-state index contributed by atoms with van der Waals surface area (Å²) in [6, 6.07) is 49.0. The minimum Gasteiger partial charge on any atom is -0.345 e. The molecule has 1 aliphatic heterocycles. The van der Waals surface area contributed by atoms with Crippen molar-refractivity contribution in [3.05, 3.63) is 268 Å². The average molecular weight is 1470 g/mol. The lowest BCUT2D eigenvalue weighted by molar-refractivity contribution is 0.584. The van der Waals surface area contributed by atoms with Crippen LogP contribution in [0, 0.1) is 6.92 Å². The number of nitrogens with one attached hydrogen (secondary N) is 1. The van der Waals surface area contributed by atoms with E-state index in [0.717, 1.165) is 56.6 Å². The van der Waals surface area contributed by atoms with Gasteiger partial charge in [-0.15, -0.1) is 22.7 Å². The number of hydrogen-bond donors (Lipinski definition) is 1. The molecule has 0 aliphatic carbocycles. The second-order valence-electron chi connectivity index (χ2n) is 35.8. The second-order valence-corrected chi connectivity index (χ2v) is 37.8. The number of hydrogen-bond acceptors (Lipinski definition) is 12. The summed E-state index contributed by atoms with van der Waals surface area (Å²) in [5.74, 6) is 0. The Labute approximate surface area is 644 Å². The molecule has 0 fully saturated rings. The highest BCUT2D eigenvalue weighted by Crippen LogP contribution is 2.35. The van der Waals surface area contributed by atoms with Gasteiger partial charge in [-0.05, 0) is 185 Å². The molecule has 0 amide bonds. The SMILES string of the molecule is CC(C)(C)c1cc2cnccc2s1.CC(C)(C)c1ccc2c(c1)C=NC2.CC(C)(C)c1ccc2nc[nH]c2c1.CC(C)(C)c1ccc2ncccc2c1.CC(C)(C)c1ccc2nccn2c1.CC(C)(C)c1ccc2ncnn2c1.CC(C)(C)c1ccc2ncsc2c1.Cc1cnc2ccc(C(C)(C)C)cc2n1. The first-order valence-corrected chi connectivity index (χ1v) is 38.7. The number of aliphatic imine (C=N–C) groups is 1. The molecule has 1 N–H and O–H groups in total. The van der Waals surface area contributed by atoms with Crippen LogP contribution in [-0.2, 0) is 49.9 Å². The van der Waals surface area contributed by atoms with Crippen molar-refractivity contribution in [3.8, 4) is 0 Å². The Kier molecular flexibility index (Phi) is 25.3. The Morgan fingerprint density at radius 1 is 0.411 bits per heavy atom. The number of aryl methyl sites for hydroxylation is 1. The smallest absolute Gasteiger partial charge is 0.155 e. The molecule has 0 atom stereocenters. The molecule has 5 aromatic carbocycles. The van der Waals surface area contributed by atoms with Crippen LogP contribution in [0.2, 0.25) is 0 Å². The molecule has 15 aromatic rings. The quantitative estimate of drug-likeness (QED) is 0.156. The Hall–Kier alpha value is -9.70. The van der Waals surface area contributed by atoms with Crippen LogP contribution >= 0.6 is 22.7 Å². The third kappa shape index (κ3) is 22.7. The van der Waals surface area contributed by atoms with Crippen LogP contribution in [0.1, 0.15) is 227 Å². The zero-order valence-electron chi connectivity index (χ0n) is 68.1. The van der Waals surface area contributed by atoms with Gasteiger partial charge in [0.05, 0.1) is 61.9 Å². The molecule has 15 heteroatoms. The first kappa shape index (κ1) is 81.4. The Morgan fingerprint density at radius 3 is 1.63 bits per heavy atom. The fraction of sp³-hybridized carbons (Fsp3) is 0.370. The summed E-state index contributed by atoms with van der Waals surface area (Å²) >= 11 is 3.57. The monoisotopic (exact) mass is 1460 g/mol. The highest BCUT2D eigenvalue weighted by molar-refractivity contribution is 7.19. The summed E-state index contributed by atoms with van der Waals surface area (Å²) in [6.07, 6.45) is 20.7. The number of pyridine rings is 4. The van der Waals surface area contributed by atoms with Gasteiger partial charge in [0.2, 0.25) is 0 Å². The molecule has 0 unspecified atom stereocenters. The van der Waals surface area contributed by atoms with Gasteiger partial charge < -0.3 is 9.38 Å². The second kappa shape index (κ2) is 33.2. The third-order valence-electron chi connectivity index (χ3n) is 18.4. The fourth-order valence-electron chi connectivity index (χ4n) is 11.3. The van der Waals surface area contributed by atoms with Gasteiger partial charge in [0, 0.05) is 76.1 Å². The summed E-state index contributed by atoms with van der Waals surface area (Å²) in [7, 11) is 0. The number of nitrogens with zero attached hydrogens (tertiary/aromatic N) is 12. The molecule has 0 saturated carbocycles. The molecule has 10 aromatic heterocycles. The first-order chi connectivity index (χ1) is 50.0. The largest absolute Gasteiger partial charge is 0.345 e. The van der Waals surface area contributed by atoms with Crippen LogP contribution in [0.3, 0.4) is 0 Å². The van der Waals surface area contributed by atoms with Crippen molar-refractivity contribution in [3.63, 3.8) is 0 Å². The topological polar surface area (TPSA) is 153 Å². The van der Waals surface area contributed by atoms with Crippen LogP contribution in [0.5, 0.6) is 0 Å². The van der Waals surface area contributed by atoms with Gasteiger partial charge in [-0.1, -0.05) is 221 Å². The van der Waals surface area contributed by atoms with Crippen LogP contribution in [0.25, 0.3) is 64.6 Å². The molecule has 107 heavy (non-hydrogen) atoms. The van der Waals surface area contributed by atoms with Crippen LogP contribution in [0.4, 0.5) is 0 Å². The molecule has 1 aliphatic rings. The number of aromatic nitrogens is 12. The first-order valence-electron chi connectivity index (χ1n) is 37.0. The van der Waals surface area contributed by atoms with Crippen molar-refractivity contribution in [2.45, 2.75) is 223 Å². The number of benzene rings is 5. The maximum Gasteiger partial charge on any atom is 0.155 e. The number of fused-ring (bicyclic) bond motifs is 8. The number of rotatable bonds is 0. The molecule has 0 radical (unpaired) electrons. The average Bonchev–Trinajstić information content (AvgIpc) is 1.81. The summed E-state index contributed by atoms with van der Waals surface area (Å²) < 4.78 is 6.48. The Morgan fingerprint density at radius 2 is 0.981 bits per heavy atom. The minimum absolute atomic E-state index is 0.166. The molecule has 0 bridgehead atoms. The Balaban J connectivity index is 0.000000141. The maximum absolute atomic E-state index is 4.49. The molecule has 11 heterocycles. The van der Waals surface area contributed by atoms with Crippen molar-refractivity contribution < 1.29 is 0 Å². The predicted octanol–water partition coefficient (Wildman–Crippen LogP) is 24.4. The normalized spacial score (nSPS) is 12.5. The van der Waals surface area contributed by atoms with Crippen LogP contribution < -0.4 is 0 Å². The molecular weight excluding hydrogens is 1350 g/mol. The summed E-state index contributed by atoms with van der Waals surface area (Å²) in [6.45, 7) is 56.1. The number of imidazole rings is 2. The number of thiazole rings is 1. The zero-order chi connectivity index (χ0) is 78.1. The Bertz CT molecular complexity index is 5060. The summed E-state index contributed by atoms with van der Waals surface area (Å²) in [5.41, 5.74) is 24.8. The third-order valence-corrected chi connectivity index (χ3v) is 20.8. The van der Waals surface area contributed by atoms with E-state index in [2.05, 4.69) is 353 Å². The van der Waals surface area contributed by atoms with E-state index in [1.165, 1.54) is 75.1 Å². The highest BCUT2D eigenvalue weighted by Gasteiger charge is 2.21. The molecular formula is C92H113N13S2. The number of H-pyrrole nitrogens is 1. The van der Waals surface area contributed by atoms with Crippen LogP contribution in [-0.4, -0.2) is 65.1 Å². The standard InChI is InChI=1S/C13H16N2.C13H15N.C12H15N.2C11H14N2.2C11H13NS.C10H13N3/c1-9-8-14-11-6-5-10(13(2,3)4)7-12(11)15-9;1-13(2,3)11-6-7-12-10(9-11)5-4-8-14-12;1-12(2,3)11-5-4-9-7-13-8-10(9)6-11;1-11(2,3)8-4-5-9-10(6-8)13-7-12-9;1-11(2,3)9-4-5-10-12-6-7-13(10)8-9;1-11(2,3)10-6-8-7-12-5-4-9(8)13-10;1-11(2,3)8-4-5-9-10(6-8)13-7-12-9;1-10(2,3)8-4-5-9-11-7-12-13(9)6-8/h5-8H,1-4H3;4-9H,1-3H3;4-6,8H,7H2,1-3H3;4-7H,1-3H3,(H,12,13);4-8H,1-3H3;3*4-7H,1-3H3. The van der Waals surface area contributed by atoms with Crippen molar-refractivity contribution in [1.29, 1.82) is 0 Å². The van der Waals surface area contributed by atoms with E-state index < -0.39 is 0 Å². The number of thiophene rings is 1. The molecule has 0 saturated heterocycles. The highest BCUT2D eigenvalue weighted by atomic mass is 32.1. The predicted molar refractivity (Wildman–Crippen MR) is 457 cm³/mol. The van der Waals surface area contributed by atoms with E-state index >= 15 is 0 Å². The van der Waals surface area contributed by atoms with E-state index in [0.29, 0.717) is 0 Å². The van der Waals surface area contributed by atoms with Crippen molar-refractivity contribution in [2.24, 2.45) is 4.99 Å². The fourth-order valence-corrected chi connectivity index (χ4v) is 13.1. The van der Waals surface area contributed by atoms with E-state index in [4.69, 9.17) is 0 Å². The van der Waals surface area contributed by atoms with Gasteiger partial charge in [0.15, 0.2) is 5.65 Å². The van der Waals surface area contributed by atoms with Crippen molar-refractivity contribution in [1.82, 2.24) is 58.9 Å². The van der Waals surface area contributed by atoms with E-state index in [1.54, 1.807) is 34.7 Å². The van der Waals surface area contributed by atoms with Crippen molar-refractivity contribution >= 4 is 93.5 Å². The molecule has 0 spiro atoms. The molecule has 13 nitrogen and oxygen atoms in total. The van der Waals surface area contributed by atoms with Gasteiger partial charge in [0.1, 0.15) is 12.0 Å². The summed E-state index contributed by atoms with van der Waals surface area (Å²) in [4.78, 5) is 42.8. The summed E-state index contributed by atoms with van der Waals surface area (Å²) in [5, 5.41) is 6.58. The lowest BCUT2D eigenvalue weighted by Gasteiger charge is -2.19. The lowest BCUT2D eigenvalue weighted by atomic mass is 9.85. The lowest BCUT2D eigenvalue weighted by Crippen LogP contribution is -2.12. The van der Waals surface area contributed by atoms with Crippen LogP contribution in [0.15, 0.2) is 212 Å². The van der Waals surface area contributed by atoms with Gasteiger partial charge >= 0.3 is 0 Å². The van der Waals surface area contributed by atoms with E-state index in [9.17, 15) is 0 Å². The van der Waals surface area contributed by atoms with Crippen molar-refractivity contribution in [2.75, 3.05) is 0 Å². The zero-order valence-corrected chi connectivity index (χ0v) is 69.7.